The summed E-state index contributed by atoms with van der Waals surface area (Å²) in [6.45, 7) is 3.16. The number of nitrogens with one attached hydrogen (secondary N) is 2. The first kappa shape index (κ1) is 21.1. The highest BCUT2D eigenvalue weighted by atomic mass is 35.5. The first-order chi connectivity index (χ1) is 11.9. The number of benzene rings is 1. The van der Waals surface area contributed by atoms with Crippen LogP contribution in [0.3, 0.4) is 0 Å². The molecule has 1 aromatic carbocycles. The molecule has 0 aromatic heterocycles. The van der Waals surface area contributed by atoms with Gasteiger partial charge in [0.2, 0.25) is 15.9 Å². The van der Waals surface area contributed by atoms with Crippen molar-refractivity contribution in [2.24, 2.45) is 5.92 Å². The first-order valence-electron chi connectivity index (χ1n) is 8.67. The Hall–Kier alpha value is -1.22. The van der Waals surface area contributed by atoms with Crippen LogP contribution in [0.15, 0.2) is 23.1 Å². The van der Waals surface area contributed by atoms with Crippen molar-refractivity contribution in [1.29, 1.82) is 0 Å². The van der Waals surface area contributed by atoms with Gasteiger partial charge in [0.25, 0.3) is 0 Å². The molecule has 0 radical (unpaired) electrons. The van der Waals surface area contributed by atoms with E-state index in [1.54, 1.807) is 0 Å². The fourth-order valence-corrected chi connectivity index (χ4v) is 4.55. The third-order valence-electron chi connectivity index (χ3n) is 4.73. The molecule has 9 heteroatoms. The van der Waals surface area contributed by atoms with Crippen LogP contribution in [-0.4, -0.2) is 44.3 Å². The maximum Gasteiger partial charge on any atom is 0.243 e. The lowest BCUT2D eigenvalue weighted by Gasteiger charge is -2.31. The van der Waals surface area contributed by atoms with Gasteiger partial charge in [-0.05, 0) is 56.3 Å². The van der Waals surface area contributed by atoms with Gasteiger partial charge in [0.15, 0.2) is 0 Å². The van der Waals surface area contributed by atoms with E-state index < -0.39 is 21.7 Å². The van der Waals surface area contributed by atoms with Gasteiger partial charge in [0.05, 0.1) is 10.6 Å². The second kappa shape index (κ2) is 8.65. The second-order valence-electron chi connectivity index (χ2n) is 6.85. The number of sulfonamides is 1. The lowest BCUT2D eigenvalue weighted by molar-refractivity contribution is -0.114. The summed E-state index contributed by atoms with van der Waals surface area (Å²) in [6.07, 6.45) is 4.13. The van der Waals surface area contributed by atoms with Crippen LogP contribution in [0.4, 0.5) is 10.1 Å². The molecule has 1 aliphatic heterocycles. The van der Waals surface area contributed by atoms with Gasteiger partial charge < -0.3 is 10.6 Å². The van der Waals surface area contributed by atoms with Crippen molar-refractivity contribution in [2.45, 2.75) is 43.5 Å². The molecule has 6 nitrogen and oxygen atoms in total. The quantitative estimate of drug-likeness (QED) is 0.761. The van der Waals surface area contributed by atoms with Crippen molar-refractivity contribution < 1.29 is 17.6 Å². The van der Waals surface area contributed by atoms with E-state index in [9.17, 15) is 17.6 Å². The van der Waals surface area contributed by atoms with Crippen LogP contribution in [0.2, 0.25) is 0 Å². The van der Waals surface area contributed by atoms with Gasteiger partial charge in [-0.25, -0.2) is 12.8 Å². The van der Waals surface area contributed by atoms with Gasteiger partial charge in [-0.2, -0.15) is 4.31 Å². The number of hydrogen-bond donors (Lipinski definition) is 2. The minimum absolute atomic E-state index is 0. The molecule has 3 rings (SSSR count). The summed E-state index contributed by atoms with van der Waals surface area (Å²) < 4.78 is 40.8. The van der Waals surface area contributed by atoms with E-state index in [4.69, 9.17) is 0 Å². The van der Waals surface area contributed by atoms with Crippen LogP contribution >= 0.6 is 12.4 Å². The number of carbonyl (C=O) groups excluding carboxylic acids is 1. The normalized spacial score (nSPS) is 19.0. The predicted octanol–water partition coefficient (Wildman–Crippen LogP) is 2.36. The van der Waals surface area contributed by atoms with Crippen LogP contribution in [-0.2, 0) is 14.8 Å². The van der Waals surface area contributed by atoms with Gasteiger partial charge in [-0.15, -0.1) is 12.4 Å². The Morgan fingerprint density at radius 2 is 1.88 bits per heavy atom. The molecule has 0 spiro atoms. The monoisotopic (exact) mass is 405 g/mol. The van der Waals surface area contributed by atoms with Gasteiger partial charge >= 0.3 is 0 Å². The molecule has 2 aliphatic rings. The van der Waals surface area contributed by atoms with E-state index in [-0.39, 0.29) is 23.0 Å². The average Bonchev–Trinajstić information content (AvgIpc) is 3.39. The van der Waals surface area contributed by atoms with Crippen molar-refractivity contribution in [1.82, 2.24) is 9.62 Å². The molecule has 1 aromatic rings. The molecular weight excluding hydrogens is 381 g/mol. The number of hydrogen-bond acceptors (Lipinski definition) is 4. The lowest BCUT2D eigenvalue weighted by atomic mass is 10.1. The minimum Gasteiger partial charge on any atom is -0.324 e. The molecule has 1 aliphatic carbocycles. The third-order valence-corrected chi connectivity index (χ3v) is 6.63. The van der Waals surface area contributed by atoms with Crippen molar-refractivity contribution in [3.63, 3.8) is 0 Å². The summed E-state index contributed by atoms with van der Waals surface area (Å²) in [4.78, 5) is 11.1. The van der Waals surface area contributed by atoms with Crippen molar-refractivity contribution >= 4 is 34.0 Å². The molecule has 1 heterocycles. The predicted molar refractivity (Wildman–Crippen MR) is 100 cm³/mol. The summed E-state index contributed by atoms with van der Waals surface area (Å²) in [7, 11) is -3.69. The molecule has 1 saturated heterocycles. The van der Waals surface area contributed by atoms with Crippen molar-refractivity contribution in [2.75, 3.05) is 25.0 Å². The molecule has 2 fully saturated rings. The van der Waals surface area contributed by atoms with Crippen LogP contribution in [0.1, 0.15) is 32.6 Å². The van der Waals surface area contributed by atoms with Gasteiger partial charge in [0, 0.05) is 26.1 Å². The number of amides is 1. The molecule has 26 heavy (non-hydrogen) atoms. The zero-order chi connectivity index (χ0) is 18.0. The highest BCUT2D eigenvalue weighted by Crippen LogP contribution is 2.29. The Bertz CT molecular complexity index is 748. The molecule has 0 atom stereocenters. The zero-order valence-corrected chi connectivity index (χ0v) is 16.3. The number of halogens is 2. The van der Waals surface area contributed by atoms with Crippen LogP contribution in [0, 0.1) is 11.7 Å². The largest absolute Gasteiger partial charge is 0.324 e. The Labute approximate surface area is 160 Å². The Morgan fingerprint density at radius 1 is 1.23 bits per heavy atom. The van der Waals surface area contributed by atoms with E-state index in [0.717, 1.165) is 31.4 Å². The highest BCUT2D eigenvalue weighted by Gasteiger charge is 2.30. The molecule has 0 bridgehead atoms. The first-order valence-corrected chi connectivity index (χ1v) is 10.1. The number of anilines is 1. The van der Waals surface area contributed by atoms with Crippen LogP contribution in [0.25, 0.3) is 0 Å². The maximum absolute atomic E-state index is 13.7. The van der Waals surface area contributed by atoms with Gasteiger partial charge in [0.1, 0.15) is 5.82 Å². The van der Waals surface area contributed by atoms with Crippen LogP contribution < -0.4 is 10.6 Å². The van der Waals surface area contributed by atoms with Crippen molar-refractivity contribution in [3.8, 4) is 0 Å². The topological polar surface area (TPSA) is 78.5 Å². The van der Waals surface area contributed by atoms with E-state index in [1.807, 2.05) is 0 Å². The van der Waals surface area contributed by atoms with Gasteiger partial charge in [-0.1, -0.05) is 0 Å². The van der Waals surface area contributed by atoms with Crippen molar-refractivity contribution in [3.05, 3.63) is 24.0 Å². The second-order valence-corrected chi connectivity index (χ2v) is 8.79. The molecular formula is C17H25ClFN3O3S. The van der Waals surface area contributed by atoms with E-state index in [1.165, 1.54) is 36.2 Å². The number of nitrogens with zero attached hydrogens (tertiary/aromatic N) is 1. The standard InChI is InChI=1S/C17H24FN3O3S.ClH/c1-12(22)20-17-10-15(4-5-16(17)18)25(23,24)21-8-6-14(7-9-21)19-11-13-2-3-13;/h4-5,10,13-14,19H,2-3,6-9,11H2,1H3,(H,20,22);1H. The summed E-state index contributed by atoms with van der Waals surface area (Å²) in [5.74, 6) is -0.304. The highest BCUT2D eigenvalue weighted by molar-refractivity contribution is 7.89. The maximum atomic E-state index is 13.7. The summed E-state index contributed by atoms with van der Waals surface area (Å²) >= 11 is 0. The van der Waals surface area contributed by atoms with Crippen LogP contribution in [0.5, 0.6) is 0 Å². The lowest BCUT2D eigenvalue weighted by Crippen LogP contribution is -2.45. The fourth-order valence-electron chi connectivity index (χ4n) is 3.05. The average molecular weight is 406 g/mol. The Morgan fingerprint density at radius 3 is 2.46 bits per heavy atom. The minimum atomic E-state index is -3.69. The smallest absolute Gasteiger partial charge is 0.243 e. The molecule has 2 N–H and O–H groups in total. The number of rotatable bonds is 6. The van der Waals surface area contributed by atoms with E-state index in [2.05, 4.69) is 10.6 Å². The molecule has 146 valence electrons. The third kappa shape index (κ3) is 5.16. The molecule has 1 saturated carbocycles. The molecule has 1 amide bonds. The Kier molecular flexibility index (Phi) is 7.01. The summed E-state index contributed by atoms with van der Waals surface area (Å²) in [6, 6.07) is 3.86. The zero-order valence-electron chi connectivity index (χ0n) is 14.7. The van der Waals surface area contributed by atoms with E-state index in [0.29, 0.717) is 19.1 Å². The molecule has 0 unspecified atom stereocenters. The summed E-state index contributed by atoms with van der Waals surface area (Å²) in [5.41, 5.74) is -0.116. The van der Waals surface area contributed by atoms with Gasteiger partial charge in [-0.3, -0.25) is 4.79 Å². The fraction of sp³-hybridized carbons (Fsp3) is 0.588. The number of piperidine rings is 1. The summed E-state index contributed by atoms with van der Waals surface area (Å²) in [5, 5.41) is 5.84. The Balaban J connectivity index is 0.00000243. The van der Waals surface area contributed by atoms with E-state index >= 15 is 0 Å². The SMILES string of the molecule is CC(=O)Nc1cc(S(=O)(=O)N2CCC(NCC3CC3)CC2)ccc1F.Cl. The number of carbonyl (C=O) groups is 1.